The van der Waals surface area contributed by atoms with E-state index in [0.29, 0.717) is 0 Å². The van der Waals surface area contributed by atoms with E-state index in [2.05, 4.69) is 21.8 Å². The van der Waals surface area contributed by atoms with Gasteiger partial charge in [-0.1, -0.05) is 0 Å². The molecule has 0 bridgehead atoms. The van der Waals surface area contributed by atoms with Crippen LogP contribution in [0.1, 0.15) is 0 Å². The van der Waals surface area contributed by atoms with Gasteiger partial charge in [0, 0.05) is 5.75 Å². The molecule has 0 saturated carbocycles. The van der Waals surface area contributed by atoms with Crippen molar-refractivity contribution in [3.05, 3.63) is 6.33 Å². The molecule has 5 heteroatoms. The van der Waals surface area contributed by atoms with Gasteiger partial charge in [0.15, 0.2) is 0 Å². The number of thioether (sulfide) groups is 1. The number of rotatable bonds is 3. The smallest absolute Gasteiger partial charge is 0.138 e. The lowest BCUT2D eigenvalue weighted by Gasteiger charge is -1.92. The molecule has 0 saturated heterocycles. The Morgan fingerprint density at radius 1 is 1.67 bits per heavy atom. The molecule has 0 aliphatic carbocycles. The van der Waals surface area contributed by atoms with E-state index in [1.54, 1.807) is 22.8 Å². The standard InChI is InChI=1S/C4H8N4S/c1-9-3-2-8-4-5-6-7-8/h4H,2-3H2,1H3. The second-order valence-corrected chi connectivity index (χ2v) is 2.55. The van der Waals surface area contributed by atoms with Crippen LogP contribution in [0.3, 0.4) is 0 Å². The first-order valence-electron chi connectivity index (χ1n) is 2.63. The molecule has 50 valence electrons. The second kappa shape index (κ2) is 3.45. The van der Waals surface area contributed by atoms with Crippen molar-refractivity contribution in [1.29, 1.82) is 0 Å². The third-order valence-electron chi connectivity index (χ3n) is 0.916. The third-order valence-corrected chi connectivity index (χ3v) is 1.51. The van der Waals surface area contributed by atoms with Gasteiger partial charge in [0.05, 0.1) is 6.54 Å². The molecular formula is C4H8N4S. The summed E-state index contributed by atoms with van der Waals surface area (Å²) in [5.74, 6) is 1.06. The lowest BCUT2D eigenvalue weighted by Crippen LogP contribution is -2.00. The van der Waals surface area contributed by atoms with Crippen molar-refractivity contribution in [1.82, 2.24) is 20.2 Å². The van der Waals surface area contributed by atoms with Crippen molar-refractivity contribution < 1.29 is 0 Å². The van der Waals surface area contributed by atoms with Gasteiger partial charge in [0.25, 0.3) is 0 Å². The third kappa shape index (κ3) is 2.01. The van der Waals surface area contributed by atoms with E-state index < -0.39 is 0 Å². The number of aromatic nitrogens is 4. The summed E-state index contributed by atoms with van der Waals surface area (Å²) in [4.78, 5) is 0. The molecule has 0 N–H and O–H groups in total. The zero-order valence-electron chi connectivity index (χ0n) is 5.19. The molecule has 4 nitrogen and oxygen atoms in total. The first kappa shape index (κ1) is 6.54. The monoisotopic (exact) mass is 144 g/mol. The van der Waals surface area contributed by atoms with Crippen molar-refractivity contribution in [2.24, 2.45) is 0 Å². The molecule has 0 unspecified atom stereocenters. The SMILES string of the molecule is CSCCn1cnnn1. The van der Waals surface area contributed by atoms with E-state index in [0.717, 1.165) is 12.3 Å². The number of aryl methyl sites for hydroxylation is 1. The van der Waals surface area contributed by atoms with Crippen molar-refractivity contribution in [2.75, 3.05) is 12.0 Å². The fourth-order valence-corrected chi connectivity index (χ4v) is 0.837. The normalized spacial score (nSPS) is 9.89. The zero-order valence-corrected chi connectivity index (χ0v) is 6.01. The summed E-state index contributed by atoms with van der Waals surface area (Å²) in [6.45, 7) is 0.897. The topological polar surface area (TPSA) is 43.6 Å². The lowest BCUT2D eigenvalue weighted by atomic mass is 10.8. The van der Waals surface area contributed by atoms with Gasteiger partial charge in [0.1, 0.15) is 6.33 Å². The Morgan fingerprint density at radius 2 is 2.56 bits per heavy atom. The predicted octanol–water partition coefficient (Wildman–Crippen LogP) is 0.0361. The maximum Gasteiger partial charge on any atom is 0.138 e. The Hall–Kier alpha value is -0.580. The summed E-state index contributed by atoms with van der Waals surface area (Å²) in [5, 5.41) is 10.7. The van der Waals surface area contributed by atoms with Crippen LogP contribution in [0.4, 0.5) is 0 Å². The van der Waals surface area contributed by atoms with Crippen molar-refractivity contribution in [2.45, 2.75) is 6.54 Å². The number of nitrogens with zero attached hydrogens (tertiary/aromatic N) is 4. The van der Waals surface area contributed by atoms with Crippen LogP contribution in [0.5, 0.6) is 0 Å². The molecule has 0 spiro atoms. The van der Waals surface area contributed by atoms with Crippen molar-refractivity contribution in [3.63, 3.8) is 0 Å². The lowest BCUT2D eigenvalue weighted by molar-refractivity contribution is 0.631. The summed E-state index contributed by atoms with van der Waals surface area (Å²) >= 11 is 1.78. The van der Waals surface area contributed by atoms with Gasteiger partial charge in [-0.15, -0.1) is 5.10 Å². The number of hydrogen-bond acceptors (Lipinski definition) is 4. The largest absolute Gasteiger partial charge is 0.232 e. The molecule has 1 aromatic heterocycles. The zero-order chi connectivity index (χ0) is 6.53. The quantitative estimate of drug-likeness (QED) is 0.600. The van der Waals surface area contributed by atoms with Crippen LogP contribution in [-0.2, 0) is 6.54 Å². The fourth-order valence-electron chi connectivity index (χ4n) is 0.468. The molecule has 0 aliphatic heterocycles. The molecule has 0 fully saturated rings. The Kier molecular flexibility index (Phi) is 2.50. The van der Waals surface area contributed by atoms with Crippen LogP contribution in [0, 0.1) is 0 Å². The Morgan fingerprint density at radius 3 is 3.11 bits per heavy atom. The van der Waals surface area contributed by atoms with E-state index in [9.17, 15) is 0 Å². The maximum atomic E-state index is 3.70. The first-order chi connectivity index (χ1) is 4.43. The predicted molar refractivity (Wildman–Crippen MR) is 36.2 cm³/mol. The van der Waals surface area contributed by atoms with Crippen LogP contribution in [-0.4, -0.2) is 32.2 Å². The Balaban J connectivity index is 2.30. The van der Waals surface area contributed by atoms with Crippen molar-refractivity contribution >= 4 is 11.8 Å². The second-order valence-electron chi connectivity index (χ2n) is 1.57. The van der Waals surface area contributed by atoms with Gasteiger partial charge in [-0.2, -0.15) is 11.8 Å². The fraction of sp³-hybridized carbons (Fsp3) is 0.750. The van der Waals surface area contributed by atoms with Crippen LogP contribution in [0.25, 0.3) is 0 Å². The summed E-state index contributed by atoms with van der Waals surface area (Å²) < 4.78 is 1.72. The highest BCUT2D eigenvalue weighted by atomic mass is 32.2. The molecular weight excluding hydrogens is 136 g/mol. The van der Waals surface area contributed by atoms with Crippen molar-refractivity contribution in [3.8, 4) is 0 Å². The highest BCUT2D eigenvalue weighted by Gasteiger charge is 1.88. The molecule has 0 radical (unpaired) electrons. The highest BCUT2D eigenvalue weighted by molar-refractivity contribution is 7.98. The van der Waals surface area contributed by atoms with Gasteiger partial charge in [0.2, 0.25) is 0 Å². The first-order valence-corrected chi connectivity index (χ1v) is 4.02. The molecule has 1 aromatic rings. The van der Waals surface area contributed by atoms with Gasteiger partial charge in [-0.25, -0.2) is 4.68 Å². The number of hydrogen-bond donors (Lipinski definition) is 0. The van der Waals surface area contributed by atoms with Gasteiger partial charge in [-0.05, 0) is 16.7 Å². The van der Waals surface area contributed by atoms with E-state index in [1.807, 2.05) is 0 Å². The minimum Gasteiger partial charge on any atom is -0.232 e. The minimum atomic E-state index is 0.897. The van der Waals surface area contributed by atoms with Gasteiger partial charge in [-0.3, -0.25) is 0 Å². The highest BCUT2D eigenvalue weighted by Crippen LogP contribution is 1.91. The van der Waals surface area contributed by atoms with E-state index >= 15 is 0 Å². The summed E-state index contributed by atoms with van der Waals surface area (Å²) in [6.07, 6.45) is 3.68. The molecule has 0 atom stereocenters. The summed E-state index contributed by atoms with van der Waals surface area (Å²) in [7, 11) is 0. The van der Waals surface area contributed by atoms with Crippen LogP contribution < -0.4 is 0 Å². The summed E-state index contributed by atoms with van der Waals surface area (Å²) in [5.41, 5.74) is 0. The molecule has 0 aliphatic rings. The van der Waals surface area contributed by atoms with Crippen LogP contribution in [0.2, 0.25) is 0 Å². The Bertz CT molecular complexity index is 150. The van der Waals surface area contributed by atoms with Gasteiger partial charge >= 0.3 is 0 Å². The summed E-state index contributed by atoms with van der Waals surface area (Å²) in [6, 6.07) is 0. The van der Waals surface area contributed by atoms with Crippen LogP contribution >= 0.6 is 11.8 Å². The van der Waals surface area contributed by atoms with E-state index in [4.69, 9.17) is 0 Å². The van der Waals surface area contributed by atoms with E-state index in [-0.39, 0.29) is 0 Å². The molecule has 0 aromatic carbocycles. The van der Waals surface area contributed by atoms with Gasteiger partial charge < -0.3 is 0 Å². The molecule has 1 rings (SSSR count). The average Bonchev–Trinajstić information content (AvgIpc) is 2.34. The van der Waals surface area contributed by atoms with E-state index in [1.165, 1.54) is 0 Å². The molecule has 9 heavy (non-hydrogen) atoms. The molecule has 1 heterocycles. The average molecular weight is 144 g/mol. The van der Waals surface area contributed by atoms with Crippen LogP contribution in [0.15, 0.2) is 6.33 Å². The number of tetrazole rings is 1. The molecule has 0 amide bonds. The minimum absolute atomic E-state index is 0.897. The Labute approximate surface area is 57.6 Å². The maximum absolute atomic E-state index is 3.70.